The predicted molar refractivity (Wildman–Crippen MR) is 104 cm³/mol. The zero-order valence-corrected chi connectivity index (χ0v) is 15.9. The molecule has 2 bridgehead atoms. The quantitative estimate of drug-likeness (QED) is 0.889. The van der Waals surface area contributed by atoms with Gasteiger partial charge in [0.05, 0.1) is 11.7 Å². The molecule has 0 unspecified atom stereocenters. The SMILES string of the molecule is CN1CCN(c2nc3c(C(=O)N[C@@H]4CC5CCN4CC5)cccc3o2)CC1. The Kier molecular flexibility index (Phi) is 4.28. The molecule has 1 amide bonds. The maximum absolute atomic E-state index is 13.0. The summed E-state index contributed by atoms with van der Waals surface area (Å²) < 4.78 is 5.98. The van der Waals surface area contributed by atoms with Crippen LogP contribution in [0.1, 0.15) is 29.6 Å². The Morgan fingerprint density at radius 3 is 2.63 bits per heavy atom. The van der Waals surface area contributed by atoms with E-state index < -0.39 is 0 Å². The number of carbonyl (C=O) groups excluding carboxylic acids is 1. The third-order valence-corrected chi connectivity index (χ3v) is 6.37. The summed E-state index contributed by atoms with van der Waals surface area (Å²) in [5.74, 6) is 0.711. The number of fused-ring (bicyclic) bond motifs is 4. The number of anilines is 1. The number of benzene rings is 1. The minimum atomic E-state index is -0.0450. The number of hydrogen-bond donors (Lipinski definition) is 1. The molecular weight excluding hydrogens is 342 g/mol. The summed E-state index contributed by atoms with van der Waals surface area (Å²) in [5, 5.41) is 3.24. The molecular formula is C20H27N5O2. The fourth-order valence-corrected chi connectivity index (χ4v) is 4.60. The van der Waals surface area contributed by atoms with Crippen molar-refractivity contribution in [2.24, 2.45) is 5.92 Å². The van der Waals surface area contributed by atoms with E-state index >= 15 is 0 Å². The highest BCUT2D eigenvalue weighted by Gasteiger charge is 2.34. The lowest BCUT2D eigenvalue weighted by Gasteiger charge is -2.45. The number of hydrogen-bond acceptors (Lipinski definition) is 6. The first-order chi connectivity index (χ1) is 13.2. The van der Waals surface area contributed by atoms with Gasteiger partial charge in [0.15, 0.2) is 5.58 Å². The Morgan fingerprint density at radius 2 is 1.93 bits per heavy atom. The summed E-state index contributed by atoms with van der Waals surface area (Å²) >= 11 is 0. The summed E-state index contributed by atoms with van der Waals surface area (Å²) in [4.78, 5) is 24.5. The number of aromatic nitrogens is 1. The van der Waals surface area contributed by atoms with Crippen LogP contribution in [-0.4, -0.2) is 73.2 Å². The molecule has 0 saturated carbocycles. The maximum Gasteiger partial charge on any atom is 0.298 e. The Morgan fingerprint density at radius 1 is 1.15 bits per heavy atom. The van der Waals surface area contributed by atoms with Crippen molar-refractivity contribution in [1.29, 1.82) is 0 Å². The molecule has 1 N–H and O–H groups in total. The monoisotopic (exact) mass is 369 g/mol. The first-order valence-corrected chi connectivity index (χ1v) is 10.1. The largest absolute Gasteiger partial charge is 0.423 e. The molecule has 7 nitrogen and oxygen atoms in total. The van der Waals surface area contributed by atoms with E-state index in [2.05, 4.69) is 32.0 Å². The van der Waals surface area contributed by atoms with Crippen LogP contribution in [0.25, 0.3) is 11.1 Å². The van der Waals surface area contributed by atoms with E-state index in [4.69, 9.17) is 4.42 Å². The van der Waals surface area contributed by atoms with Crippen LogP contribution < -0.4 is 10.2 Å². The molecule has 6 rings (SSSR count). The zero-order chi connectivity index (χ0) is 18.4. The zero-order valence-electron chi connectivity index (χ0n) is 15.9. The number of oxazole rings is 1. The minimum Gasteiger partial charge on any atom is -0.423 e. The highest BCUT2D eigenvalue weighted by molar-refractivity contribution is 6.04. The Bertz CT molecular complexity index is 834. The summed E-state index contributed by atoms with van der Waals surface area (Å²) in [6, 6.07) is 6.25. The fraction of sp³-hybridized carbons (Fsp3) is 0.600. The number of likely N-dealkylation sites (N-methyl/N-ethyl adjacent to an activating group) is 1. The molecule has 1 atom stereocenters. The standard InChI is InChI=1S/C20H27N5O2/c1-23-9-11-25(12-10-23)20-22-18-15(3-2-4-16(18)27-20)19(26)21-17-13-14-5-7-24(17)8-6-14/h2-4,14,17H,5-13H2,1H3,(H,21,26)/t17-/m0/s1. The van der Waals surface area contributed by atoms with Crippen molar-refractivity contribution in [3.05, 3.63) is 23.8 Å². The number of rotatable bonds is 3. The second-order valence-corrected chi connectivity index (χ2v) is 8.14. The summed E-state index contributed by atoms with van der Waals surface area (Å²) in [7, 11) is 2.12. The van der Waals surface area contributed by atoms with Gasteiger partial charge >= 0.3 is 0 Å². The van der Waals surface area contributed by atoms with Gasteiger partial charge in [-0.1, -0.05) is 6.07 Å². The lowest BCUT2D eigenvalue weighted by atomic mass is 9.86. The van der Waals surface area contributed by atoms with Crippen molar-refractivity contribution in [1.82, 2.24) is 20.1 Å². The number of piperazine rings is 1. The van der Waals surface area contributed by atoms with E-state index in [1.165, 1.54) is 12.8 Å². The predicted octanol–water partition coefficient (Wildman–Crippen LogP) is 1.75. The van der Waals surface area contributed by atoms with Crippen LogP contribution in [0.4, 0.5) is 6.01 Å². The molecule has 4 aliphatic rings. The topological polar surface area (TPSA) is 64.8 Å². The summed E-state index contributed by atoms with van der Waals surface area (Å²) in [5.41, 5.74) is 1.96. The Labute approximate surface area is 159 Å². The van der Waals surface area contributed by atoms with Crippen LogP contribution in [0, 0.1) is 5.92 Å². The molecule has 144 valence electrons. The van der Waals surface area contributed by atoms with E-state index in [-0.39, 0.29) is 12.1 Å². The number of para-hydroxylation sites is 1. The molecule has 7 heteroatoms. The number of piperidine rings is 3. The van der Waals surface area contributed by atoms with E-state index in [1.807, 2.05) is 18.2 Å². The smallest absolute Gasteiger partial charge is 0.298 e. The van der Waals surface area contributed by atoms with Crippen molar-refractivity contribution in [3.63, 3.8) is 0 Å². The van der Waals surface area contributed by atoms with Gasteiger partial charge < -0.3 is 19.5 Å². The van der Waals surface area contributed by atoms with E-state index in [0.29, 0.717) is 22.7 Å². The van der Waals surface area contributed by atoms with Crippen molar-refractivity contribution in [2.75, 3.05) is 51.2 Å². The highest BCUT2D eigenvalue weighted by Crippen LogP contribution is 2.31. The van der Waals surface area contributed by atoms with Gasteiger partial charge in [-0.15, -0.1) is 0 Å². The van der Waals surface area contributed by atoms with Crippen molar-refractivity contribution in [2.45, 2.75) is 25.4 Å². The van der Waals surface area contributed by atoms with E-state index in [0.717, 1.165) is 51.6 Å². The van der Waals surface area contributed by atoms with Crippen molar-refractivity contribution in [3.8, 4) is 0 Å². The fourth-order valence-electron chi connectivity index (χ4n) is 4.60. The van der Waals surface area contributed by atoms with Gasteiger partial charge in [-0.05, 0) is 44.4 Å². The van der Waals surface area contributed by atoms with Gasteiger partial charge in [-0.25, -0.2) is 0 Å². The number of nitrogens with one attached hydrogen (secondary N) is 1. The molecule has 4 fully saturated rings. The molecule has 0 spiro atoms. The van der Waals surface area contributed by atoms with E-state index in [9.17, 15) is 4.79 Å². The Balaban J connectivity index is 1.37. The highest BCUT2D eigenvalue weighted by atomic mass is 16.4. The number of amides is 1. The van der Waals surface area contributed by atoms with Gasteiger partial charge in [0.25, 0.3) is 11.9 Å². The average Bonchev–Trinajstić information content (AvgIpc) is 3.13. The number of nitrogens with zero attached hydrogens (tertiary/aromatic N) is 4. The summed E-state index contributed by atoms with van der Waals surface area (Å²) in [6.07, 6.45) is 3.75. The molecule has 27 heavy (non-hydrogen) atoms. The second kappa shape index (κ2) is 6.80. The second-order valence-electron chi connectivity index (χ2n) is 8.14. The molecule has 0 radical (unpaired) electrons. The lowest BCUT2D eigenvalue weighted by Crippen LogP contribution is -2.56. The van der Waals surface area contributed by atoms with Crippen LogP contribution in [-0.2, 0) is 0 Å². The van der Waals surface area contributed by atoms with Gasteiger partial charge in [0, 0.05) is 39.3 Å². The third-order valence-electron chi connectivity index (χ3n) is 6.37. The minimum absolute atomic E-state index is 0.0450. The molecule has 1 aromatic carbocycles. The van der Waals surface area contributed by atoms with Gasteiger partial charge in [-0.3, -0.25) is 9.69 Å². The summed E-state index contributed by atoms with van der Waals surface area (Å²) in [6.45, 7) is 5.96. The molecule has 4 aliphatic heterocycles. The van der Waals surface area contributed by atoms with E-state index in [1.54, 1.807) is 0 Å². The van der Waals surface area contributed by atoms with Crippen molar-refractivity contribution < 1.29 is 9.21 Å². The molecule has 1 aromatic heterocycles. The van der Waals surface area contributed by atoms with Gasteiger partial charge in [-0.2, -0.15) is 4.98 Å². The first-order valence-electron chi connectivity index (χ1n) is 10.1. The molecule has 4 saturated heterocycles. The maximum atomic E-state index is 13.0. The Hall–Kier alpha value is -2.12. The lowest BCUT2D eigenvalue weighted by molar-refractivity contribution is 0.0295. The third kappa shape index (κ3) is 3.19. The first kappa shape index (κ1) is 17.0. The van der Waals surface area contributed by atoms with Crippen LogP contribution in [0.15, 0.2) is 22.6 Å². The van der Waals surface area contributed by atoms with Gasteiger partial charge in [0.1, 0.15) is 5.52 Å². The number of carbonyl (C=O) groups is 1. The average molecular weight is 369 g/mol. The van der Waals surface area contributed by atoms with Gasteiger partial charge in [0.2, 0.25) is 0 Å². The molecule has 0 aliphatic carbocycles. The van der Waals surface area contributed by atoms with Crippen LogP contribution in [0.2, 0.25) is 0 Å². The van der Waals surface area contributed by atoms with Crippen LogP contribution in [0.5, 0.6) is 0 Å². The normalized spacial score (nSPS) is 28.6. The molecule has 2 aromatic rings. The van der Waals surface area contributed by atoms with Crippen LogP contribution in [0.3, 0.4) is 0 Å². The van der Waals surface area contributed by atoms with Crippen LogP contribution >= 0.6 is 0 Å². The van der Waals surface area contributed by atoms with Crippen molar-refractivity contribution >= 4 is 23.0 Å². The molecule has 5 heterocycles.